The van der Waals surface area contributed by atoms with E-state index in [4.69, 9.17) is 11.6 Å². The van der Waals surface area contributed by atoms with Crippen molar-refractivity contribution in [3.8, 4) is 11.8 Å². The summed E-state index contributed by atoms with van der Waals surface area (Å²) in [4.78, 5) is 16.3. The van der Waals surface area contributed by atoms with E-state index in [1.54, 1.807) is 48.3 Å². The average molecular weight is 364 g/mol. The summed E-state index contributed by atoms with van der Waals surface area (Å²) in [5.41, 5.74) is 2.88. The van der Waals surface area contributed by atoms with Gasteiger partial charge in [0.25, 0.3) is 5.91 Å². The van der Waals surface area contributed by atoms with Gasteiger partial charge in [-0.25, -0.2) is 9.67 Å². The quantitative estimate of drug-likeness (QED) is 0.564. The van der Waals surface area contributed by atoms with E-state index in [1.165, 1.54) is 12.4 Å². The monoisotopic (exact) mass is 363 g/mol. The molecule has 128 valence electrons. The summed E-state index contributed by atoms with van der Waals surface area (Å²) in [6, 6.07) is 14.4. The minimum Gasteiger partial charge on any atom is -0.321 e. The SMILES string of the molecule is Cc1c(Cl)cccc1NC(=O)/C(C#N)=C\c1ccc(-n2cncn2)cc1. The molecule has 0 radical (unpaired) electrons. The molecule has 7 heteroatoms. The Labute approximate surface area is 155 Å². The molecule has 1 amide bonds. The van der Waals surface area contributed by atoms with Crippen molar-refractivity contribution in [2.75, 3.05) is 5.32 Å². The molecule has 1 N–H and O–H groups in total. The molecule has 0 saturated carbocycles. The fraction of sp³-hybridized carbons (Fsp3) is 0.0526. The van der Waals surface area contributed by atoms with Crippen LogP contribution in [0.4, 0.5) is 5.69 Å². The van der Waals surface area contributed by atoms with Gasteiger partial charge in [0.15, 0.2) is 0 Å². The second-order valence-electron chi connectivity index (χ2n) is 5.47. The Morgan fingerprint density at radius 1 is 1.27 bits per heavy atom. The zero-order valence-corrected chi connectivity index (χ0v) is 14.6. The summed E-state index contributed by atoms with van der Waals surface area (Å²) in [7, 11) is 0. The van der Waals surface area contributed by atoms with Crippen molar-refractivity contribution in [1.29, 1.82) is 5.26 Å². The molecule has 0 unspecified atom stereocenters. The van der Waals surface area contributed by atoms with E-state index in [-0.39, 0.29) is 5.57 Å². The van der Waals surface area contributed by atoms with Gasteiger partial charge in [0.2, 0.25) is 0 Å². The molecule has 0 saturated heterocycles. The van der Waals surface area contributed by atoms with Gasteiger partial charge in [-0.15, -0.1) is 0 Å². The standard InChI is InChI=1S/C19H14ClN5O/c1-13-17(20)3-2-4-18(13)24-19(26)15(10-21)9-14-5-7-16(8-6-14)25-12-22-11-23-25/h2-9,11-12H,1H3,(H,24,26)/b15-9-. The summed E-state index contributed by atoms with van der Waals surface area (Å²) in [5.74, 6) is -0.488. The maximum absolute atomic E-state index is 12.4. The predicted molar refractivity (Wildman–Crippen MR) is 99.8 cm³/mol. The molecule has 0 fully saturated rings. The third kappa shape index (κ3) is 3.79. The van der Waals surface area contributed by atoms with Gasteiger partial charge in [0.1, 0.15) is 24.3 Å². The molecule has 3 aromatic rings. The van der Waals surface area contributed by atoms with Crippen LogP contribution >= 0.6 is 11.6 Å². The third-order valence-electron chi connectivity index (χ3n) is 3.77. The molecule has 0 aliphatic rings. The predicted octanol–water partition coefficient (Wildman–Crippen LogP) is 3.77. The highest BCUT2D eigenvalue weighted by molar-refractivity contribution is 6.31. The molecular weight excluding hydrogens is 350 g/mol. The number of carbonyl (C=O) groups is 1. The summed E-state index contributed by atoms with van der Waals surface area (Å²) < 4.78 is 1.62. The molecular formula is C19H14ClN5O. The van der Waals surface area contributed by atoms with E-state index in [1.807, 2.05) is 18.2 Å². The number of nitrogens with one attached hydrogen (secondary N) is 1. The fourth-order valence-electron chi connectivity index (χ4n) is 2.31. The Bertz CT molecular complexity index is 1000. The van der Waals surface area contributed by atoms with Crippen molar-refractivity contribution >= 4 is 29.3 Å². The first-order valence-electron chi connectivity index (χ1n) is 7.72. The number of aromatic nitrogens is 3. The van der Waals surface area contributed by atoms with Gasteiger partial charge in [0, 0.05) is 10.7 Å². The van der Waals surface area contributed by atoms with Crippen LogP contribution in [0.15, 0.2) is 60.7 Å². The second-order valence-corrected chi connectivity index (χ2v) is 5.88. The van der Waals surface area contributed by atoms with Crippen LogP contribution in [-0.4, -0.2) is 20.7 Å². The number of hydrogen-bond donors (Lipinski definition) is 1. The van der Waals surface area contributed by atoms with Crippen LogP contribution < -0.4 is 5.32 Å². The first-order valence-corrected chi connectivity index (χ1v) is 8.09. The van der Waals surface area contributed by atoms with E-state index in [2.05, 4.69) is 15.4 Å². The molecule has 0 bridgehead atoms. The zero-order chi connectivity index (χ0) is 18.5. The van der Waals surface area contributed by atoms with Crippen LogP contribution in [0, 0.1) is 18.3 Å². The van der Waals surface area contributed by atoms with Gasteiger partial charge in [-0.2, -0.15) is 10.4 Å². The van der Waals surface area contributed by atoms with Crippen LogP contribution in [0.3, 0.4) is 0 Å². The lowest BCUT2D eigenvalue weighted by molar-refractivity contribution is -0.112. The van der Waals surface area contributed by atoms with Gasteiger partial charge < -0.3 is 5.32 Å². The number of anilines is 1. The lowest BCUT2D eigenvalue weighted by Gasteiger charge is -2.09. The van der Waals surface area contributed by atoms with Crippen LogP contribution in [0.1, 0.15) is 11.1 Å². The number of nitriles is 1. The number of benzene rings is 2. The van der Waals surface area contributed by atoms with Gasteiger partial charge in [0.05, 0.1) is 5.69 Å². The average Bonchev–Trinajstić information content (AvgIpc) is 3.18. The molecule has 1 aromatic heterocycles. The highest BCUT2D eigenvalue weighted by atomic mass is 35.5. The molecule has 0 aliphatic heterocycles. The Balaban J connectivity index is 1.80. The van der Waals surface area contributed by atoms with E-state index in [9.17, 15) is 10.1 Å². The highest BCUT2D eigenvalue weighted by Gasteiger charge is 2.12. The number of hydrogen-bond acceptors (Lipinski definition) is 4. The van der Waals surface area contributed by atoms with Crippen molar-refractivity contribution < 1.29 is 4.79 Å². The van der Waals surface area contributed by atoms with Gasteiger partial charge in [-0.1, -0.05) is 29.8 Å². The zero-order valence-electron chi connectivity index (χ0n) is 13.8. The van der Waals surface area contributed by atoms with Crippen molar-refractivity contribution in [3.05, 3.63) is 76.8 Å². The lowest BCUT2D eigenvalue weighted by atomic mass is 10.1. The van der Waals surface area contributed by atoms with E-state index >= 15 is 0 Å². The topological polar surface area (TPSA) is 83.6 Å². The Kier molecular flexibility index (Phi) is 5.11. The first kappa shape index (κ1) is 17.4. The normalized spacial score (nSPS) is 11.0. The number of carbonyl (C=O) groups excluding carboxylic acids is 1. The highest BCUT2D eigenvalue weighted by Crippen LogP contribution is 2.23. The molecule has 0 spiro atoms. The molecule has 6 nitrogen and oxygen atoms in total. The van der Waals surface area contributed by atoms with Crippen LogP contribution in [0.25, 0.3) is 11.8 Å². The van der Waals surface area contributed by atoms with Crippen molar-refractivity contribution in [2.24, 2.45) is 0 Å². The van der Waals surface area contributed by atoms with E-state index < -0.39 is 5.91 Å². The Hall–Kier alpha value is -3.43. The lowest BCUT2D eigenvalue weighted by Crippen LogP contribution is -2.14. The summed E-state index contributed by atoms with van der Waals surface area (Å²) in [6.07, 6.45) is 4.57. The van der Waals surface area contributed by atoms with Crippen LogP contribution in [0.5, 0.6) is 0 Å². The van der Waals surface area contributed by atoms with E-state index in [0.29, 0.717) is 10.7 Å². The van der Waals surface area contributed by atoms with Crippen molar-refractivity contribution in [2.45, 2.75) is 6.92 Å². The summed E-state index contributed by atoms with van der Waals surface area (Å²) in [6.45, 7) is 1.80. The number of halogens is 1. The molecule has 26 heavy (non-hydrogen) atoms. The minimum atomic E-state index is -0.488. The number of amides is 1. The summed E-state index contributed by atoms with van der Waals surface area (Å²) >= 11 is 6.06. The van der Waals surface area contributed by atoms with Crippen molar-refractivity contribution in [1.82, 2.24) is 14.8 Å². The van der Waals surface area contributed by atoms with Crippen molar-refractivity contribution in [3.63, 3.8) is 0 Å². The molecule has 2 aromatic carbocycles. The Morgan fingerprint density at radius 3 is 2.69 bits per heavy atom. The summed E-state index contributed by atoms with van der Waals surface area (Å²) in [5, 5.41) is 16.7. The van der Waals surface area contributed by atoms with Crippen LogP contribution in [0.2, 0.25) is 5.02 Å². The largest absolute Gasteiger partial charge is 0.321 e. The molecule has 0 atom stereocenters. The third-order valence-corrected chi connectivity index (χ3v) is 4.18. The maximum Gasteiger partial charge on any atom is 0.266 e. The van der Waals surface area contributed by atoms with E-state index in [0.717, 1.165) is 16.8 Å². The Morgan fingerprint density at radius 2 is 2.04 bits per heavy atom. The van der Waals surface area contributed by atoms with Gasteiger partial charge in [-0.3, -0.25) is 4.79 Å². The smallest absolute Gasteiger partial charge is 0.266 e. The van der Waals surface area contributed by atoms with Crippen LogP contribution in [-0.2, 0) is 4.79 Å². The second kappa shape index (κ2) is 7.64. The van der Waals surface area contributed by atoms with Gasteiger partial charge in [-0.05, 0) is 48.4 Å². The fourth-order valence-corrected chi connectivity index (χ4v) is 2.49. The van der Waals surface area contributed by atoms with Gasteiger partial charge >= 0.3 is 0 Å². The maximum atomic E-state index is 12.4. The number of rotatable bonds is 4. The molecule has 0 aliphatic carbocycles. The molecule has 3 rings (SSSR count). The minimum absolute atomic E-state index is 0.00196. The molecule has 1 heterocycles. The number of nitrogens with zero attached hydrogens (tertiary/aromatic N) is 4. The first-order chi connectivity index (χ1) is 12.6.